The molecule has 1 aliphatic carbocycles. The van der Waals surface area contributed by atoms with Crippen molar-refractivity contribution < 1.29 is 0 Å². The van der Waals surface area contributed by atoms with Crippen molar-refractivity contribution in [2.24, 2.45) is 0 Å². The standard InChI is InChI=1S/C13H24N2/c1-5-15(6-2)13-9-7-12(8-10-13)14-11(3)4/h5,12-14H,1,3,6-10H2,2,4H3. The first-order valence-electron chi connectivity index (χ1n) is 5.97. The van der Waals surface area contributed by atoms with Crippen LogP contribution in [0.25, 0.3) is 0 Å². The molecule has 1 rings (SSSR count). The number of hydrogen-bond donors (Lipinski definition) is 1. The molecule has 2 nitrogen and oxygen atoms in total. The molecule has 0 radical (unpaired) electrons. The summed E-state index contributed by atoms with van der Waals surface area (Å²) in [6.07, 6.45) is 7.02. The third kappa shape index (κ3) is 3.61. The van der Waals surface area contributed by atoms with Crippen LogP contribution >= 0.6 is 0 Å². The molecule has 0 saturated heterocycles. The molecule has 0 heterocycles. The largest absolute Gasteiger partial charge is 0.386 e. The van der Waals surface area contributed by atoms with Crippen LogP contribution in [-0.4, -0.2) is 23.5 Å². The van der Waals surface area contributed by atoms with Crippen LogP contribution in [0, 0.1) is 0 Å². The molecule has 2 heteroatoms. The van der Waals surface area contributed by atoms with Gasteiger partial charge < -0.3 is 10.2 Å². The average molecular weight is 208 g/mol. The molecule has 0 bridgehead atoms. The number of hydrogen-bond acceptors (Lipinski definition) is 2. The Bertz CT molecular complexity index is 215. The third-order valence-electron chi connectivity index (χ3n) is 3.22. The van der Waals surface area contributed by atoms with Crippen LogP contribution in [0.3, 0.4) is 0 Å². The van der Waals surface area contributed by atoms with E-state index in [1.165, 1.54) is 25.7 Å². The van der Waals surface area contributed by atoms with Gasteiger partial charge in [-0.2, -0.15) is 0 Å². The van der Waals surface area contributed by atoms with Gasteiger partial charge in [-0.1, -0.05) is 13.2 Å². The molecule has 1 saturated carbocycles. The zero-order valence-corrected chi connectivity index (χ0v) is 10.1. The van der Waals surface area contributed by atoms with Crippen molar-refractivity contribution in [3.63, 3.8) is 0 Å². The van der Waals surface area contributed by atoms with Gasteiger partial charge in [0.2, 0.25) is 0 Å². The van der Waals surface area contributed by atoms with E-state index in [0.717, 1.165) is 12.2 Å². The quantitative estimate of drug-likeness (QED) is 0.747. The lowest BCUT2D eigenvalue weighted by Gasteiger charge is -2.36. The van der Waals surface area contributed by atoms with Crippen molar-refractivity contribution in [1.82, 2.24) is 10.2 Å². The van der Waals surface area contributed by atoms with Crippen molar-refractivity contribution >= 4 is 0 Å². The summed E-state index contributed by atoms with van der Waals surface area (Å²) in [5, 5.41) is 3.44. The molecular formula is C13H24N2. The van der Waals surface area contributed by atoms with Crippen molar-refractivity contribution in [3.05, 3.63) is 25.1 Å². The van der Waals surface area contributed by atoms with E-state index in [0.29, 0.717) is 12.1 Å². The Morgan fingerprint density at radius 3 is 2.40 bits per heavy atom. The number of nitrogens with one attached hydrogen (secondary N) is 1. The van der Waals surface area contributed by atoms with Crippen LogP contribution in [0.2, 0.25) is 0 Å². The molecule has 0 atom stereocenters. The number of rotatable bonds is 5. The Hall–Kier alpha value is -0.920. The highest BCUT2D eigenvalue weighted by Gasteiger charge is 2.23. The Morgan fingerprint density at radius 1 is 1.40 bits per heavy atom. The Kier molecular flexibility index (Phi) is 4.73. The first-order chi connectivity index (χ1) is 7.17. The molecule has 0 amide bonds. The van der Waals surface area contributed by atoms with Crippen molar-refractivity contribution in [1.29, 1.82) is 0 Å². The summed E-state index contributed by atoms with van der Waals surface area (Å²) < 4.78 is 0. The summed E-state index contributed by atoms with van der Waals surface area (Å²) in [5.74, 6) is 0. The highest BCUT2D eigenvalue weighted by molar-refractivity contribution is 4.92. The highest BCUT2D eigenvalue weighted by Crippen LogP contribution is 2.23. The van der Waals surface area contributed by atoms with Gasteiger partial charge in [-0.15, -0.1) is 0 Å². The van der Waals surface area contributed by atoms with E-state index in [-0.39, 0.29) is 0 Å². The van der Waals surface area contributed by atoms with Gasteiger partial charge in [0.1, 0.15) is 0 Å². The molecule has 0 unspecified atom stereocenters. The van der Waals surface area contributed by atoms with Crippen molar-refractivity contribution in [3.8, 4) is 0 Å². The summed E-state index contributed by atoms with van der Waals surface area (Å²) >= 11 is 0. The molecule has 0 aliphatic heterocycles. The lowest BCUT2D eigenvalue weighted by Crippen LogP contribution is -2.39. The lowest BCUT2D eigenvalue weighted by molar-refractivity contribution is 0.207. The highest BCUT2D eigenvalue weighted by atomic mass is 15.1. The van der Waals surface area contributed by atoms with Gasteiger partial charge in [-0.3, -0.25) is 0 Å². The predicted octanol–water partition coefficient (Wildman–Crippen LogP) is 2.89. The van der Waals surface area contributed by atoms with Gasteiger partial charge in [-0.05, 0) is 45.7 Å². The maximum atomic E-state index is 3.90. The van der Waals surface area contributed by atoms with E-state index in [1.54, 1.807) is 0 Å². The molecule has 0 aromatic rings. The van der Waals surface area contributed by atoms with Crippen LogP contribution in [0.4, 0.5) is 0 Å². The molecule has 1 fully saturated rings. The second-order valence-corrected chi connectivity index (χ2v) is 4.44. The molecule has 0 spiro atoms. The Balaban J connectivity index is 2.34. The van der Waals surface area contributed by atoms with Gasteiger partial charge in [0, 0.05) is 24.3 Å². The lowest BCUT2D eigenvalue weighted by atomic mass is 9.90. The minimum atomic E-state index is 0.641. The Labute approximate surface area is 94.0 Å². The van der Waals surface area contributed by atoms with Gasteiger partial charge in [0.05, 0.1) is 0 Å². The molecule has 1 N–H and O–H groups in total. The van der Waals surface area contributed by atoms with Crippen molar-refractivity contribution in [2.75, 3.05) is 6.54 Å². The van der Waals surface area contributed by atoms with Crippen LogP contribution in [-0.2, 0) is 0 Å². The molecular weight excluding hydrogens is 184 g/mol. The SMILES string of the molecule is C=CN(CC)C1CCC(NC(=C)C)CC1. The summed E-state index contributed by atoms with van der Waals surface area (Å²) in [6.45, 7) is 13.1. The average Bonchev–Trinajstić information content (AvgIpc) is 2.21. The first-order valence-corrected chi connectivity index (χ1v) is 5.97. The second kappa shape index (κ2) is 5.84. The fourth-order valence-corrected chi connectivity index (χ4v) is 2.44. The summed E-state index contributed by atoms with van der Waals surface area (Å²) in [4.78, 5) is 2.36. The molecule has 1 aliphatic rings. The zero-order chi connectivity index (χ0) is 11.3. The second-order valence-electron chi connectivity index (χ2n) is 4.44. The van der Waals surface area contributed by atoms with Crippen molar-refractivity contribution in [2.45, 2.75) is 51.6 Å². The number of nitrogens with zero attached hydrogens (tertiary/aromatic N) is 1. The van der Waals surface area contributed by atoms with Crippen LogP contribution < -0.4 is 5.32 Å². The van der Waals surface area contributed by atoms with Gasteiger partial charge >= 0.3 is 0 Å². The predicted molar refractivity (Wildman–Crippen MR) is 66.6 cm³/mol. The summed E-state index contributed by atoms with van der Waals surface area (Å²) in [7, 11) is 0. The fourth-order valence-electron chi connectivity index (χ4n) is 2.44. The first kappa shape index (κ1) is 12.2. The van der Waals surface area contributed by atoms with E-state index >= 15 is 0 Å². The monoisotopic (exact) mass is 208 g/mol. The Morgan fingerprint density at radius 2 is 2.00 bits per heavy atom. The number of allylic oxidation sites excluding steroid dienone is 1. The normalized spacial score (nSPS) is 25.7. The topological polar surface area (TPSA) is 15.3 Å². The fraction of sp³-hybridized carbons (Fsp3) is 0.692. The minimum Gasteiger partial charge on any atom is -0.386 e. The van der Waals surface area contributed by atoms with Crippen LogP contribution in [0.1, 0.15) is 39.5 Å². The molecule has 0 aromatic carbocycles. The smallest absolute Gasteiger partial charge is 0.0285 e. The summed E-state index contributed by atoms with van der Waals surface area (Å²) in [5.41, 5.74) is 1.09. The van der Waals surface area contributed by atoms with Gasteiger partial charge in [0.15, 0.2) is 0 Å². The van der Waals surface area contributed by atoms with E-state index in [2.05, 4.69) is 30.3 Å². The summed E-state index contributed by atoms with van der Waals surface area (Å²) in [6, 6.07) is 1.35. The van der Waals surface area contributed by atoms with E-state index in [1.807, 2.05) is 13.1 Å². The minimum absolute atomic E-state index is 0.641. The van der Waals surface area contributed by atoms with Gasteiger partial charge in [0.25, 0.3) is 0 Å². The van der Waals surface area contributed by atoms with E-state index < -0.39 is 0 Å². The van der Waals surface area contributed by atoms with Gasteiger partial charge in [-0.25, -0.2) is 0 Å². The molecule has 0 aromatic heterocycles. The maximum Gasteiger partial charge on any atom is 0.0285 e. The zero-order valence-electron chi connectivity index (χ0n) is 10.1. The van der Waals surface area contributed by atoms with E-state index in [4.69, 9.17) is 0 Å². The third-order valence-corrected chi connectivity index (χ3v) is 3.22. The van der Waals surface area contributed by atoms with Crippen LogP contribution in [0.5, 0.6) is 0 Å². The molecule has 86 valence electrons. The van der Waals surface area contributed by atoms with Crippen LogP contribution in [0.15, 0.2) is 25.1 Å². The maximum absolute atomic E-state index is 3.90. The van der Waals surface area contributed by atoms with E-state index in [9.17, 15) is 0 Å². The molecule has 15 heavy (non-hydrogen) atoms.